The molecule has 1 atom stereocenters. The molecule has 0 bridgehead atoms. The number of hydrogen-bond acceptors (Lipinski definition) is 6. The van der Waals surface area contributed by atoms with Gasteiger partial charge < -0.3 is 14.8 Å². The van der Waals surface area contributed by atoms with Crippen molar-refractivity contribution in [2.75, 3.05) is 11.9 Å². The predicted molar refractivity (Wildman–Crippen MR) is 124 cm³/mol. The number of ketones is 1. The maximum Gasteiger partial charge on any atom is 0.226 e. The van der Waals surface area contributed by atoms with Crippen LogP contribution in [0.3, 0.4) is 0 Å². The average Bonchev–Trinajstić information content (AvgIpc) is 3.21. The molecule has 2 aromatic carbocycles. The number of aromatic nitrogens is 3. The first-order chi connectivity index (χ1) is 15.4. The minimum absolute atomic E-state index is 0.0446. The summed E-state index contributed by atoms with van der Waals surface area (Å²) in [6.07, 6.45) is 1.46. The van der Waals surface area contributed by atoms with E-state index in [0.717, 1.165) is 16.8 Å². The Hall–Kier alpha value is -3.03. The number of carbonyl (C=O) groups excluding carboxylic acids is 1. The van der Waals surface area contributed by atoms with Gasteiger partial charge in [0.25, 0.3) is 0 Å². The summed E-state index contributed by atoms with van der Waals surface area (Å²) >= 11 is 12.2. The first-order valence-corrected chi connectivity index (χ1v) is 10.9. The van der Waals surface area contributed by atoms with Gasteiger partial charge in [-0.1, -0.05) is 35.3 Å². The second-order valence-electron chi connectivity index (χ2n) is 7.31. The summed E-state index contributed by atoms with van der Waals surface area (Å²) in [5.74, 6) is 1.67. The number of carbonyl (C=O) groups is 1. The summed E-state index contributed by atoms with van der Waals surface area (Å²) in [4.78, 5) is 16.7. The Morgan fingerprint density at radius 1 is 1.16 bits per heavy atom. The molecule has 32 heavy (non-hydrogen) atoms. The van der Waals surface area contributed by atoms with Gasteiger partial charge in [0, 0.05) is 26.9 Å². The van der Waals surface area contributed by atoms with E-state index < -0.39 is 6.04 Å². The number of allylic oxidation sites excluding steroid dienone is 2. The fourth-order valence-corrected chi connectivity index (χ4v) is 4.19. The second-order valence-corrected chi connectivity index (χ2v) is 8.16. The molecule has 1 aliphatic rings. The number of hydrogen-bond donors (Lipinski definition) is 1. The highest BCUT2D eigenvalue weighted by atomic mass is 35.5. The van der Waals surface area contributed by atoms with E-state index in [9.17, 15) is 4.79 Å². The highest BCUT2D eigenvalue weighted by Gasteiger charge is 2.32. The van der Waals surface area contributed by atoms with Crippen molar-refractivity contribution >= 4 is 34.9 Å². The fraction of sp³-hybridized carbons (Fsp3) is 0.261. The van der Waals surface area contributed by atoms with Crippen LogP contribution in [0.15, 0.2) is 54.0 Å². The molecule has 0 spiro atoms. The van der Waals surface area contributed by atoms with Gasteiger partial charge in [0.15, 0.2) is 17.3 Å². The molecular weight excluding hydrogens is 451 g/mol. The van der Waals surface area contributed by atoms with E-state index in [1.54, 1.807) is 23.7 Å². The monoisotopic (exact) mass is 472 g/mol. The topological polar surface area (TPSA) is 78.3 Å². The third kappa shape index (κ3) is 4.31. The van der Waals surface area contributed by atoms with Gasteiger partial charge >= 0.3 is 0 Å². The molecule has 166 valence electrons. The van der Waals surface area contributed by atoms with Crippen LogP contribution in [0.4, 0.5) is 5.95 Å². The number of ether oxygens (including phenoxy) is 2. The Kier molecular flexibility index (Phi) is 6.39. The quantitative estimate of drug-likeness (QED) is 0.493. The van der Waals surface area contributed by atoms with Crippen molar-refractivity contribution < 1.29 is 14.3 Å². The number of Topliss-reactive ketones (excluding diaryl/α,β-unsaturated/α-hetero) is 1. The van der Waals surface area contributed by atoms with Gasteiger partial charge in [-0.25, -0.2) is 4.68 Å². The molecule has 0 saturated carbocycles. The summed E-state index contributed by atoms with van der Waals surface area (Å²) in [7, 11) is 0. The molecule has 0 radical (unpaired) electrons. The molecule has 1 aliphatic heterocycles. The Balaban J connectivity index is 1.69. The first-order valence-electron chi connectivity index (χ1n) is 10.1. The summed E-state index contributed by atoms with van der Waals surface area (Å²) < 4.78 is 13.6. The summed E-state index contributed by atoms with van der Waals surface area (Å²) in [5.41, 5.74) is 3.01. The van der Waals surface area contributed by atoms with Crippen molar-refractivity contribution in [3.8, 4) is 11.5 Å². The second kappa shape index (κ2) is 9.22. The number of benzene rings is 2. The number of fused-ring (bicyclic) bond motifs is 1. The third-order valence-electron chi connectivity index (χ3n) is 5.16. The lowest BCUT2D eigenvalue weighted by molar-refractivity contribution is -0.114. The summed E-state index contributed by atoms with van der Waals surface area (Å²) in [6, 6.07) is 10.5. The lowest BCUT2D eigenvalue weighted by atomic mass is 9.93. The van der Waals surface area contributed by atoms with Gasteiger partial charge in [-0.3, -0.25) is 4.79 Å². The van der Waals surface area contributed by atoms with Gasteiger partial charge in [0.1, 0.15) is 19.0 Å². The fourth-order valence-electron chi connectivity index (χ4n) is 3.73. The SMILES string of the molecule is CCOc1cc(C2C(C(C)=O)=C(C)Nc3ncnn32)ccc1OCc1ccc(Cl)cc1Cl. The van der Waals surface area contributed by atoms with Gasteiger partial charge in [0.05, 0.1) is 6.61 Å². The smallest absolute Gasteiger partial charge is 0.226 e. The number of rotatable bonds is 7. The van der Waals surface area contributed by atoms with Crippen LogP contribution in [0, 0.1) is 0 Å². The van der Waals surface area contributed by atoms with Gasteiger partial charge in [-0.05, 0) is 50.6 Å². The molecule has 0 amide bonds. The van der Waals surface area contributed by atoms with Crippen molar-refractivity contribution in [3.05, 3.63) is 75.2 Å². The predicted octanol–water partition coefficient (Wildman–Crippen LogP) is 5.44. The molecule has 0 saturated heterocycles. The molecule has 3 aromatic rings. The van der Waals surface area contributed by atoms with E-state index in [-0.39, 0.29) is 12.4 Å². The molecule has 1 N–H and O–H groups in total. The van der Waals surface area contributed by atoms with Crippen LogP contribution in [-0.2, 0) is 11.4 Å². The van der Waals surface area contributed by atoms with Crippen LogP contribution in [0.5, 0.6) is 11.5 Å². The van der Waals surface area contributed by atoms with E-state index in [4.69, 9.17) is 32.7 Å². The molecule has 7 nitrogen and oxygen atoms in total. The van der Waals surface area contributed by atoms with Crippen LogP contribution >= 0.6 is 23.2 Å². The Labute approximate surface area is 196 Å². The maximum atomic E-state index is 12.5. The van der Waals surface area contributed by atoms with Gasteiger partial charge in [0.2, 0.25) is 5.95 Å². The highest BCUT2D eigenvalue weighted by molar-refractivity contribution is 6.35. The zero-order chi connectivity index (χ0) is 22.8. The molecule has 2 heterocycles. The van der Waals surface area contributed by atoms with Crippen molar-refractivity contribution in [1.82, 2.24) is 14.8 Å². The molecule has 4 rings (SSSR count). The Morgan fingerprint density at radius 2 is 1.97 bits per heavy atom. The summed E-state index contributed by atoms with van der Waals surface area (Å²) in [6.45, 7) is 6.02. The van der Waals surface area contributed by atoms with Crippen molar-refractivity contribution in [3.63, 3.8) is 0 Å². The van der Waals surface area contributed by atoms with Crippen molar-refractivity contribution in [2.24, 2.45) is 0 Å². The zero-order valence-electron chi connectivity index (χ0n) is 17.9. The molecule has 1 aromatic heterocycles. The van der Waals surface area contributed by atoms with Gasteiger partial charge in [-0.2, -0.15) is 10.1 Å². The van der Waals surface area contributed by atoms with E-state index in [1.165, 1.54) is 6.33 Å². The molecule has 1 unspecified atom stereocenters. The standard InChI is InChI=1S/C23H22Cl2N4O3/c1-4-31-20-9-15(6-8-19(20)32-11-16-5-7-17(24)10-18(16)25)22-21(14(3)30)13(2)28-23-26-12-27-29(22)23/h5-10,12,22H,4,11H2,1-3H3,(H,26,27,28). The largest absolute Gasteiger partial charge is 0.490 e. The first kappa shape index (κ1) is 22.2. The summed E-state index contributed by atoms with van der Waals surface area (Å²) in [5, 5.41) is 8.57. The minimum atomic E-state index is -0.426. The van der Waals surface area contributed by atoms with E-state index in [0.29, 0.717) is 39.7 Å². The van der Waals surface area contributed by atoms with Crippen LogP contribution in [0.25, 0.3) is 0 Å². The zero-order valence-corrected chi connectivity index (χ0v) is 19.4. The number of halogens is 2. The Bertz CT molecular complexity index is 1210. The maximum absolute atomic E-state index is 12.5. The molecule has 0 aliphatic carbocycles. The van der Waals surface area contributed by atoms with Crippen molar-refractivity contribution in [1.29, 1.82) is 0 Å². The highest BCUT2D eigenvalue weighted by Crippen LogP contribution is 2.39. The molecule has 0 fully saturated rings. The van der Waals surface area contributed by atoms with E-state index >= 15 is 0 Å². The number of nitrogens with zero attached hydrogens (tertiary/aromatic N) is 3. The van der Waals surface area contributed by atoms with Crippen LogP contribution < -0.4 is 14.8 Å². The third-order valence-corrected chi connectivity index (χ3v) is 5.74. The van der Waals surface area contributed by atoms with Crippen LogP contribution in [0.2, 0.25) is 10.0 Å². The average molecular weight is 473 g/mol. The number of anilines is 1. The van der Waals surface area contributed by atoms with Crippen molar-refractivity contribution in [2.45, 2.75) is 33.4 Å². The van der Waals surface area contributed by atoms with Crippen LogP contribution in [-0.4, -0.2) is 27.2 Å². The van der Waals surface area contributed by atoms with E-state index in [2.05, 4.69) is 15.4 Å². The van der Waals surface area contributed by atoms with Crippen LogP contribution in [0.1, 0.15) is 37.9 Å². The number of nitrogens with one attached hydrogen (secondary N) is 1. The molecular formula is C23H22Cl2N4O3. The lowest BCUT2D eigenvalue weighted by Gasteiger charge is -2.28. The minimum Gasteiger partial charge on any atom is -0.490 e. The molecule has 9 heteroatoms. The lowest BCUT2D eigenvalue weighted by Crippen LogP contribution is -2.27. The Morgan fingerprint density at radius 3 is 2.69 bits per heavy atom. The van der Waals surface area contributed by atoms with E-state index in [1.807, 2.05) is 38.1 Å². The normalized spacial score (nSPS) is 15.2. The van der Waals surface area contributed by atoms with Gasteiger partial charge in [-0.15, -0.1) is 0 Å².